The SMILES string of the molecule is CC(Nc1ncnc2c(C(F)(F)F)cc(C(F)(F)F)cc12)c1nccnc1-c1ncccn1. The Kier molecular flexibility index (Phi) is 5.56. The first kappa shape index (κ1) is 22.3. The molecule has 1 aromatic carbocycles. The summed E-state index contributed by atoms with van der Waals surface area (Å²) < 4.78 is 80.5. The Morgan fingerprint density at radius 1 is 0.788 bits per heavy atom. The van der Waals surface area contributed by atoms with Crippen molar-refractivity contribution in [3.8, 4) is 11.5 Å². The highest BCUT2D eigenvalue weighted by Gasteiger charge is 2.39. The molecule has 0 radical (unpaired) electrons. The van der Waals surface area contributed by atoms with Gasteiger partial charge in [0.1, 0.15) is 17.8 Å². The van der Waals surface area contributed by atoms with Gasteiger partial charge in [0.2, 0.25) is 0 Å². The summed E-state index contributed by atoms with van der Waals surface area (Å²) in [7, 11) is 0. The van der Waals surface area contributed by atoms with Crippen molar-refractivity contribution in [3.63, 3.8) is 0 Å². The molecule has 4 aromatic rings. The first-order valence-electron chi connectivity index (χ1n) is 9.33. The monoisotopic (exact) mass is 465 g/mol. The maximum Gasteiger partial charge on any atom is 0.418 e. The Labute approximate surface area is 182 Å². The molecule has 3 heterocycles. The lowest BCUT2D eigenvalue weighted by Gasteiger charge is -2.19. The second-order valence-electron chi connectivity index (χ2n) is 6.87. The number of hydrogen-bond donors (Lipinski definition) is 1. The van der Waals surface area contributed by atoms with E-state index >= 15 is 0 Å². The van der Waals surface area contributed by atoms with Crippen LogP contribution in [0.2, 0.25) is 0 Å². The van der Waals surface area contributed by atoms with Crippen LogP contribution in [0.5, 0.6) is 0 Å². The molecule has 0 saturated heterocycles. The lowest BCUT2D eigenvalue weighted by molar-refractivity contribution is -0.142. The van der Waals surface area contributed by atoms with Gasteiger partial charge in [-0.1, -0.05) is 0 Å². The van der Waals surface area contributed by atoms with E-state index in [1.807, 2.05) is 0 Å². The molecule has 4 rings (SSSR count). The van der Waals surface area contributed by atoms with Crippen molar-refractivity contribution in [1.29, 1.82) is 0 Å². The van der Waals surface area contributed by atoms with Crippen LogP contribution in [0.1, 0.15) is 29.8 Å². The summed E-state index contributed by atoms with van der Waals surface area (Å²) in [6.45, 7) is 1.60. The molecule has 33 heavy (non-hydrogen) atoms. The molecule has 7 nitrogen and oxygen atoms in total. The summed E-state index contributed by atoms with van der Waals surface area (Å²) in [6, 6.07) is 1.48. The third kappa shape index (κ3) is 4.52. The van der Waals surface area contributed by atoms with Crippen LogP contribution in [0.15, 0.2) is 49.3 Å². The van der Waals surface area contributed by atoms with E-state index in [9.17, 15) is 26.3 Å². The molecule has 0 saturated carbocycles. The van der Waals surface area contributed by atoms with E-state index in [-0.39, 0.29) is 17.7 Å². The number of nitrogens with zero attached hydrogens (tertiary/aromatic N) is 6. The first-order chi connectivity index (χ1) is 15.6. The van der Waals surface area contributed by atoms with Crippen molar-refractivity contribution in [1.82, 2.24) is 29.9 Å². The maximum atomic E-state index is 13.5. The number of benzene rings is 1. The van der Waals surface area contributed by atoms with Crippen molar-refractivity contribution >= 4 is 16.7 Å². The highest BCUT2D eigenvalue weighted by Crippen LogP contribution is 2.41. The summed E-state index contributed by atoms with van der Waals surface area (Å²) in [4.78, 5) is 24.1. The number of halogens is 6. The third-order valence-corrected chi connectivity index (χ3v) is 4.64. The van der Waals surface area contributed by atoms with E-state index in [0.29, 0.717) is 17.5 Å². The fourth-order valence-corrected chi connectivity index (χ4v) is 3.20. The van der Waals surface area contributed by atoms with Crippen LogP contribution in [0.4, 0.5) is 32.2 Å². The molecule has 170 valence electrons. The Morgan fingerprint density at radius 2 is 1.48 bits per heavy atom. The molecule has 0 amide bonds. The average Bonchev–Trinajstić information content (AvgIpc) is 2.78. The fourth-order valence-electron chi connectivity index (χ4n) is 3.20. The maximum absolute atomic E-state index is 13.5. The van der Waals surface area contributed by atoms with Gasteiger partial charge in [-0.3, -0.25) is 4.98 Å². The highest BCUT2D eigenvalue weighted by atomic mass is 19.4. The second kappa shape index (κ2) is 8.22. The molecule has 1 unspecified atom stereocenters. The van der Waals surface area contributed by atoms with Gasteiger partial charge in [0.25, 0.3) is 0 Å². The fraction of sp³-hybridized carbons (Fsp3) is 0.200. The van der Waals surface area contributed by atoms with Gasteiger partial charge < -0.3 is 5.32 Å². The number of nitrogens with one attached hydrogen (secondary N) is 1. The lowest BCUT2D eigenvalue weighted by Crippen LogP contribution is -2.15. The van der Waals surface area contributed by atoms with E-state index in [4.69, 9.17) is 0 Å². The predicted molar refractivity (Wildman–Crippen MR) is 105 cm³/mol. The smallest absolute Gasteiger partial charge is 0.361 e. The zero-order chi connectivity index (χ0) is 23.8. The second-order valence-corrected chi connectivity index (χ2v) is 6.87. The van der Waals surface area contributed by atoms with Gasteiger partial charge >= 0.3 is 12.4 Å². The number of alkyl halides is 6. The molecule has 1 atom stereocenters. The Morgan fingerprint density at radius 3 is 2.15 bits per heavy atom. The van der Waals surface area contributed by atoms with E-state index < -0.39 is 40.4 Å². The van der Waals surface area contributed by atoms with Crippen LogP contribution < -0.4 is 5.32 Å². The molecule has 0 bridgehead atoms. The molecule has 0 aliphatic heterocycles. The molecular weight excluding hydrogens is 452 g/mol. The van der Waals surface area contributed by atoms with Gasteiger partial charge in [-0.25, -0.2) is 24.9 Å². The van der Waals surface area contributed by atoms with Crippen LogP contribution in [0, 0.1) is 0 Å². The molecule has 0 spiro atoms. The molecule has 1 N–H and O–H groups in total. The molecule has 13 heteroatoms. The number of aromatic nitrogens is 6. The number of rotatable bonds is 4. The Bertz CT molecular complexity index is 1290. The summed E-state index contributed by atoms with van der Waals surface area (Å²) in [5.41, 5.74) is -3.03. The van der Waals surface area contributed by atoms with E-state index in [1.165, 1.54) is 24.8 Å². The molecule has 0 fully saturated rings. The molecule has 0 aliphatic rings. The number of hydrogen-bond acceptors (Lipinski definition) is 7. The normalized spacial score (nSPS) is 13.2. The van der Waals surface area contributed by atoms with Crippen LogP contribution in [-0.4, -0.2) is 29.9 Å². The van der Waals surface area contributed by atoms with Crippen LogP contribution >= 0.6 is 0 Å². The quantitative estimate of drug-likeness (QED) is 0.420. The van der Waals surface area contributed by atoms with Crippen LogP contribution in [-0.2, 0) is 12.4 Å². The topological polar surface area (TPSA) is 89.4 Å². The zero-order valence-electron chi connectivity index (χ0n) is 16.6. The summed E-state index contributed by atoms with van der Waals surface area (Å²) in [5.74, 6) is 0.0233. The van der Waals surface area contributed by atoms with Gasteiger partial charge in [-0.05, 0) is 25.1 Å². The van der Waals surface area contributed by atoms with Crippen molar-refractivity contribution in [2.24, 2.45) is 0 Å². The van der Waals surface area contributed by atoms with Gasteiger partial charge in [0, 0.05) is 30.2 Å². The van der Waals surface area contributed by atoms with Gasteiger partial charge in [-0.15, -0.1) is 0 Å². The van der Waals surface area contributed by atoms with Crippen molar-refractivity contribution in [3.05, 3.63) is 66.1 Å². The van der Waals surface area contributed by atoms with Crippen LogP contribution in [0.25, 0.3) is 22.4 Å². The minimum atomic E-state index is -5.06. The van der Waals surface area contributed by atoms with Gasteiger partial charge in [0.05, 0.1) is 28.4 Å². The van der Waals surface area contributed by atoms with E-state index in [2.05, 4.69) is 35.2 Å². The summed E-state index contributed by atoms with van der Waals surface area (Å²) in [6.07, 6.45) is -3.43. The lowest BCUT2D eigenvalue weighted by atomic mass is 10.0. The van der Waals surface area contributed by atoms with Crippen molar-refractivity contribution < 1.29 is 26.3 Å². The Hall–Kier alpha value is -3.90. The third-order valence-electron chi connectivity index (χ3n) is 4.64. The largest absolute Gasteiger partial charge is 0.418 e. The molecular formula is C20H13F6N7. The predicted octanol–water partition coefficient (Wildman–Crippen LogP) is 5.09. The van der Waals surface area contributed by atoms with E-state index in [1.54, 1.807) is 13.0 Å². The van der Waals surface area contributed by atoms with Crippen molar-refractivity contribution in [2.45, 2.75) is 25.3 Å². The minimum absolute atomic E-state index is 0.0378. The van der Waals surface area contributed by atoms with E-state index in [0.717, 1.165) is 6.33 Å². The first-order valence-corrected chi connectivity index (χ1v) is 9.33. The zero-order valence-corrected chi connectivity index (χ0v) is 16.6. The standard InChI is InChI=1S/C20H13F6N7/c1-10(14-16(28-6-5-27-14)18-29-3-2-4-30-18)33-17-12-7-11(19(21,22)23)8-13(20(24,25)26)15(12)31-9-32-17/h2-10H,1H3,(H,31,32,33). The van der Waals surface area contributed by atoms with Gasteiger partial charge in [0.15, 0.2) is 5.82 Å². The number of fused-ring (bicyclic) bond motifs is 1. The summed E-state index contributed by atoms with van der Waals surface area (Å²) >= 11 is 0. The Balaban J connectivity index is 1.82. The van der Waals surface area contributed by atoms with Crippen molar-refractivity contribution in [2.75, 3.05) is 5.32 Å². The number of anilines is 1. The average molecular weight is 465 g/mol. The molecule has 0 aliphatic carbocycles. The molecule has 3 aromatic heterocycles. The van der Waals surface area contributed by atoms with Crippen LogP contribution in [0.3, 0.4) is 0 Å². The highest BCUT2D eigenvalue weighted by molar-refractivity contribution is 5.92. The minimum Gasteiger partial charge on any atom is -0.361 e. The summed E-state index contributed by atoms with van der Waals surface area (Å²) in [5, 5.41) is 2.39. The van der Waals surface area contributed by atoms with Gasteiger partial charge in [-0.2, -0.15) is 26.3 Å².